The van der Waals surface area contributed by atoms with Crippen molar-refractivity contribution < 1.29 is 38.7 Å². The number of benzene rings is 1. The molecule has 3 fully saturated rings. The van der Waals surface area contributed by atoms with Crippen molar-refractivity contribution in [2.45, 2.75) is 88.9 Å². The number of aliphatic hydroxyl groups is 2. The van der Waals surface area contributed by atoms with Crippen molar-refractivity contribution in [3.63, 3.8) is 0 Å². The minimum atomic E-state index is -1.01. The molecule has 32 heavy (non-hydrogen) atoms. The molecule has 2 N–H and O–H groups in total. The highest BCUT2D eigenvalue weighted by atomic mass is 16.8. The predicted octanol–water partition coefficient (Wildman–Crippen LogP) is 2.12. The normalized spacial score (nSPS) is 41.4. The average molecular weight is 446 g/mol. The van der Waals surface area contributed by atoms with E-state index in [1.54, 1.807) is 6.08 Å². The third kappa shape index (κ3) is 4.11. The zero-order valence-corrected chi connectivity index (χ0v) is 18.3. The van der Waals surface area contributed by atoms with Crippen LogP contribution in [0.2, 0.25) is 0 Å². The Bertz CT molecular complexity index is 867. The summed E-state index contributed by atoms with van der Waals surface area (Å²) in [4.78, 5) is 11.8. The van der Waals surface area contributed by atoms with E-state index in [0.717, 1.165) is 29.5 Å². The molecule has 4 aliphatic rings. The number of ether oxygens (including phenoxy) is 5. The topological polar surface area (TPSA) is 104 Å². The summed E-state index contributed by atoms with van der Waals surface area (Å²) in [5.41, 5.74) is 2.68. The molecule has 1 aromatic rings. The van der Waals surface area contributed by atoms with E-state index in [4.69, 9.17) is 23.7 Å². The summed E-state index contributed by atoms with van der Waals surface area (Å²) in [6.07, 6.45) is -0.372. The van der Waals surface area contributed by atoms with Gasteiger partial charge in [0, 0.05) is 24.0 Å². The quantitative estimate of drug-likeness (QED) is 0.678. The number of carbonyl (C=O) groups is 1. The second-order valence-corrected chi connectivity index (χ2v) is 9.17. The maximum Gasteiger partial charge on any atom is 0.330 e. The van der Waals surface area contributed by atoms with Crippen molar-refractivity contribution in [2.24, 2.45) is 5.92 Å². The van der Waals surface area contributed by atoms with Gasteiger partial charge in [-0.25, -0.2) is 4.79 Å². The van der Waals surface area contributed by atoms with Crippen LogP contribution in [-0.2, 0) is 35.1 Å². The first kappa shape index (κ1) is 22.0. The Kier molecular flexibility index (Phi) is 6.09. The molecule has 5 unspecified atom stereocenters. The zero-order chi connectivity index (χ0) is 22.4. The van der Waals surface area contributed by atoms with Gasteiger partial charge in [0.25, 0.3) is 0 Å². The van der Waals surface area contributed by atoms with Gasteiger partial charge in [0.1, 0.15) is 24.4 Å². The highest BCUT2D eigenvalue weighted by molar-refractivity contribution is 5.84. The number of rotatable bonds is 4. The van der Waals surface area contributed by atoms with Gasteiger partial charge in [-0.2, -0.15) is 0 Å². The van der Waals surface area contributed by atoms with E-state index in [-0.39, 0.29) is 36.8 Å². The van der Waals surface area contributed by atoms with Crippen LogP contribution in [0.1, 0.15) is 50.5 Å². The van der Waals surface area contributed by atoms with Crippen LogP contribution in [0, 0.1) is 5.92 Å². The summed E-state index contributed by atoms with van der Waals surface area (Å²) < 4.78 is 29.8. The van der Waals surface area contributed by atoms with Gasteiger partial charge in [-0.3, -0.25) is 0 Å². The summed E-state index contributed by atoms with van der Waals surface area (Å²) in [6.45, 7) is 3.83. The third-order valence-corrected chi connectivity index (χ3v) is 7.01. The predicted molar refractivity (Wildman–Crippen MR) is 111 cm³/mol. The van der Waals surface area contributed by atoms with Crippen LogP contribution in [0.3, 0.4) is 0 Å². The number of aliphatic hydroxyl groups excluding tert-OH is 2. The number of hydrogen-bond donors (Lipinski definition) is 2. The monoisotopic (exact) mass is 446 g/mol. The molecular weight excluding hydrogens is 416 g/mol. The molecule has 0 spiro atoms. The van der Waals surface area contributed by atoms with Crippen LogP contribution < -0.4 is 0 Å². The van der Waals surface area contributed by atoms with Crippen LogP contribution in [0.25, 0.3) is 0 Å². The minimum absolute atomic E-state index is 0.0294. The fourth-order valence-corrected chi connectivity index (χ4v) is 5.23. The summed E-state index contributed by atoms with van der Waals surface area (Å²) >= 11 is 0. The molecule has 8 heteroatoms. The number of fused-ring (bicyclic) bond motifs is 2. The first-order valence-electron chi connectivity index (χ1n) is 11.3. The summed E-state index contributed by atoms with van der Waals surface area (Å²) in [5, 5.41) is 20.2. The lowest BCUT2D eigenvalue weighted by molar-refractivity contribution is -0.291. The summed E-state index contributed by atoms with van der Waals surface area (Å²) in [7, 11) is 0. The molecule has 8 nitrogen and oxygen atoms in total. The number of carbonyl (C=O) groups excluding carboxylic acids is 1. The van der Waals surface area contributed by atoms with Gasteiger partial charge in [0.2, 0.25) is 0 Å². The lowest BCUT2D eigenvalue weighted by atomic mass is 9.79. The van der Waals surface area contributed by atoms with E-state index < -0.39 is 30.9 Å². The maximum atomic E-state index is 11.8. The maximum absolute atomic E-state index is 11.8. The lowest BCUT2D eigenvalue weighted by Crippen LogP contribution is -2.57. The second kappa shape index (κ2) is 8.85. The molecule has 0 aromatic heterocycles. The Labute approximate surface area is 187 Å². The molecule has 0 radical (unpaired) electrons. The van der Waals surface area contributed by atoms with Crippen LogP contribution in [0.4, 0.5) is 0 Å². The van der Waals surface area contributed by atoms with Crippen LogP contribution >= 0.6 is 0 Å². The third-order valence-electron chi connectivity index (χ3n) is 7.01. The van der Waals surface area contributed by atoms with Crippen molar-refractivity contribution in [3.8, 4) is 0 Å². The number of hydrogen-bond acceptors (Lipinski definition) is 8. The fraction of sp³-hybridized carbons (Fsp3) is 0.625. The lowest BCUT2D eigenvalue weighted by Gasteiger charge is -2.42. The molecule has 3 heterocycles. The zero-order valence-electron chi connectivity index (χ0n) is 18.3. The fourth-order valence-electron chi connectivity index (χ4n) is 5.23. The Morgan fingerprint density at radius 1 is 1.09 bits per heavy atom. The molecule has 1 aliphatic carbocycles. The Hall–Kier alpha value is -1.81. The molecular formula is C24H30O8. The smallest absolute Gasteiger partial charge is 0.330 e. The van der Waals surface area contributed by atoms with E-state index >= 15 is 0 Å². The number of esters is 1. The van der Waals surface area contributed by atoms with Crippen molar-refractivity contribution in [3.05, 3.63) is 47.0 Å². The molecule has 174 valence electrons. The van der Waals surface area contributed by atoms with Gasteiger partial charge in [0.05, 0.1) is 18.8 Å². The van der Waals surface area contributed by atoms with E-state index in [1.807, 2.05) is 38.1 Å². The van der Waals surface area contributed by atoms with Gasteiger partial charge in [-0.15, -0.1) is 0 Å². The molecule has 0 bridgehead atoms. The molecule has 9 atom stereocenters. The highest BCUT2D eigenvalue weighted by Crippen LogP contribution is 2.41. The standard InChI is InChI=1S/C24H30O8/c1-12-9-19(26)30-18-10-16(7-8-17(12)18)29-24-20(27)22-21(13(2)28-24)31-23(32-22)15-5-3-14(11-25)4-6-15/h3-6,9,13,16-18,20-25,27H,7-8,10-11H2,1-2H3/t13-,16?,17?,18?,20-,21+,22?,23?,24-/m0/s1. The van der Waals surface area contributed by atoms with Crippen LogP contribution in [0.15, 0.2) is 35.9 Å². The van der Waals surface area contributed by atoms with Crippen LogP contribution in [0.5, 0.6) is 0 Å². The first-order chi connectivity index (χ1) is 15.4. The van der Waals surface area contributed by atoms with Gasteiger partial charge in [-0.05, 0) is 32.3 Å². The van der Waals surface area contributed by atoms with Crippen LogP contribution in [-0.4, -0.2) is 59.1 Å². The van der Waals surface area contributed by atoms with Gasteiger partial charge in [0.15, 0.2) is 12.6 Å². The largest absolute Gasteiger partial charge is 0.458 e. The van der Waals surface area contributed by atoms with E-state index in [2.05, 4.69) is 0 Å². The Balaban J connectivity index is 1.23. The summed E-state index contributed by atoms with van der Waals surface area (Å²) in [5.74, 6) is -0.0676. The minimum Gasteiger partial charge on any atom is -0.458 e. The van der Waals surface area contributed by atoms with Crippen molar-refractivity contribution in [1.82, 2.24) is 0 Å². The van der Waals surface area contributed by atoms with Crippen molar-refractivity contribution in [1.29, 1.82) is 0 Å². The first-order valence-corrected chi connectivity index (χ1v) is 11.3. The Morgan fingerprint density at radius 2 is 1.84 bits per heavy atom. The van der Waals surface area contributed by atoms with E-state index in [0.29, 0.717) is 6.42 Å². The Morgan fingerprint density at radius 3 is 2.59 bits per heavy atom. The summed E-state index contributed by atoms with van der Waals surface area (Å²) in [6, 6.07) is 7.33. The molecule has 5 rings (SSSR count). The SMILES string of the molecule is CC1=CC(=O)OC2CC(O[C@@H]3O[C@@H](C)[C@H]4OC(c5ccc(CO)cc5)OC4[C@@H]3O)CCC12. The molecule has 2 saturated heterocycles. The van der Waals surface area contributed by atoms with Crippen molar-refractivity contribution in [2.75, 3.05) is 0 Å². The van der Waals surface area contributed by atoms with Gasteiger partial charge in [-0.1, -0.05) is 29.8 Å². The molecule has 1 aromatic carbocycles. The van der Waals surface area contributed by atoms with E-state index in [9.17, 15) is 15.0 Å². The second-order valence-electron chi connectivity index (χ2n) is 9.17. The molecule has 0 amide bonds. The highest BCUT2D eigenvalue weighted by Gasteiger charge is 2.52. The van der Waals surface area contributed by atoms with Gasteiger partial charge >= 0.3 is 5.97 Å². The van der Waals surface area contributed by atoms with Crippen molar-refractivity contribution >= 4 is 5.97 Å². The average Bonchev–Trinajstić information content (AvgIpc) is 3.23. The molecule has 3 aliphatic heterocycles. The van der Waals surface area contributed by atoms with E-state index in [1.165, 1.54) is 0 Å². The molecule has 1 saturated carbocycles. The van der Waals surface area contributed by atoms with Gasteiger partial charge < -0.3 is 33.9 Å².